The minimum absolute atomic E-state index is 0.0153. The van der Waals surface area contributed by atoms with Crippen LogP contribution in [0.25, 0.3) is 0 Å². The number of anilines is 2. The summed E-state index contributed by atoms with van der Waals surface area (Å²) in [6.45, 7) is 15.1. The van der Waals surface area contributed by atoms with Crippen molar-refractivity contribution in [2.24, 2.45) is 16.8 Å². The van der Waals surface area contributed by atoms with Gasteiger partial charge in [0.25, 0.3) is 11.8 Å². The lowest BCUT2D eigenvalue weighted by Gasteiger charge is -2.31. The zero-order valence-electron chi connectivity index (χ0n) is 66.7. The number of methoxy groups -OCH3 is 2. The van der Waals surface area contributed by atoms with Gasteiger partial charge in [0, 0.05) is 74.7 Å². The van der Waals surface area contributed by atoms with Gasteiger partial charge in [-0.1, -0.05) is 79.7 Å². The van der Waals surface area contributed by atoms with E-state index in [1.54, 1.807) is 67.6 Å². The maximum absolute atomic E-state index is 14.3. The molecular weight excluding hydrogens is 1490 g/mol. The van der Waals surface area contributed by atoms with E-state index in [0.29, 0.717) is 159 Å². The number of likely N-dealkylation sites (tertiary alicyclic amines) is 1. The number of unbranched alkanes of at least 4 members (excludes halogenated alkanes) is 2. The Kier molecular flexibility index (Phi) is 36.1. The van der Waals surface area contributed by atoms with Crippen LogP contribution in [0.2, 0.25) is 0 Å². The standard InChI is InChI=1S/C83H111N9O23/c1-55(2)76(88-74(94)23-28-105-30-32-107-34-36-109-38-40-111-42-43-112-41-39-110-37-35-108-33-31-106-29-24-84-73(93)22-25-89-75(95)48-63(79(89)98)60-16-12-9-8-10-13-17-60)78(97)86-58(5)77(96)87-61-20-18-59(19-21-61)54-115-83(102)92-67-50-72(70(104-7)47-65(67)81(100)91-53-57(4)45-68(91)82(92)101)114-27-15-11-14-26-113-71-49-66-64(46-69(71)103-6)80(99)90-52-56(3)44-62(90)51-85-66/h8-10,12-13,16-21,46-47,49-53,55,58,62-63,68,76,79,82,98,101H,11,14-15,22-45,48,54H2,1-7H3,(H,84,93)(H,86,97)(H,87,96)(H,88,94)/b9-8-,10-8?,12-9?,13-10-,16-12-,17-13?,60-16?,60-17+/t58-,62-,63?,68-,76-,79?,82-/m0/s1. The van der Waals surface area contributed by atoms with Crippen LogP contribution in [-0.2, 0) is 73.2 Å². The summed E-state index contributed by atoms with van der Waals surface area (Å²) in [7, 11) is 2.96. The lowest BCUT2D eigenvalue weighted by Crippen LogP contribution is -2.53. The molecule has 5 aliphatic heterocycles. The zero-order valence-corrected chi connectivity index (χ0v) is 66.7. The zero-order chi connectivity index (χ0) is 82.0. The van der Waals surface area contributed by atoms with Gasteiger partial charge in [-0.15, -0.1) is 0 Å². The molecular formula is C83H111N9O23. The third-order valence-corrected chi connectivity index (χ3v) is 19.4. The molecule has 3 aromatic rings. The van der Waals surface area contributed by atoms with E-state index in [-0.39, 0.29) is 117 Å². The van der Waals surface area contributed by atoms with E-state index in [1.807, 2.05) is 62.6 Å². The summed E-state index contributed by atoms with van der Waals surface area (Å²) in [6.07, 6.45) is 18.2. The van der Waals surface area contributed by atoms with Crippen LogP contribution < -0.4 is 45.1 Å². The van der Waals surface area contributed by atoms with Crippen molar-refractivity contribution in [1.82, 2.24) is 30.7 Å². The van der Waals surface area contributed by atoms with Crippen LogP contribution in [0.3, 0.4) is 0 Å². The van der Waals surface area contributed by atoms with Crippen LogP contribution in [-0.4, -0.2) is 261 Å². The fourth-order valence-corrected chi connectivity index (χ4v) is 13.3. The normalized spacial score (nSPS) is 19.9. The molecule has 32 nitrogen and oxygen atoms in total. The smallest absolute Gasteiger partial charge is 0.416 e. The SMILES string of the molecule is COc1cc2c(cc1OCCCCCOc1cc3c(cc1OC)C(=O)N1C=C(C)C[C@H]1[C@H](O)N3C(=O)OCc1ccc(NC(=O)[C@H](C)NC(=O)[C@@H](NC(=O)CCOCCOCCOCCOCCOCCOCCOCCOCCNC(=O)CCN3C(=O)CC(C4=C/C=C\C=C/C=C\4)C3O)C(C)C)cc1)N=C[C@@H]1CC(C)=CN1C2=O. The van der Waals surface area contributed by atoms with Crippen molar-refractivity contribution in [3.8, 4) is 23.0 Å². The number of amides is 8. The molecule has 1 aliphatic carbocycles. The van der Waals surface area contributed by atoms with Crippen molar-refractivity contribution in [3.63, 3.8) is 0 Å². The van der Waals surface area contributed by atoms with Crippen molar-refractivity contribution in [2.45, 2.75) is 129 Å². The van der Waals surface area contributed by atoms with E-state index in [1.165, 1.54) is 43.1 Å². The van der Waals surface area contributed by atoms with E-state index < -0.39 is 60.3 Å². The molecule has 5 heterocycles. The molecule has 9 rings (SSSR count). The highest BCUT2D eigenvalue weighted by atomic mass is 16.6. The molecule has 6 N–H and O–H groups in total. The molecule has 1 fully saturated rings. The van der Waals surface area contributed by atoms with Gasteiger partial charge in [-0.25, -0.2) is 9.69 Å². The minimum atomic E-state index is -1.53. The largest absolute Gasteiger partial charge is 0.493 e. The number of aliphatic hydroxyl groups is 2. The maximum Gasteiger partial charge on any atom is 0.416 e. The van der Waals surface area contributed by atoms with E-state index >= 15 is 0 Å². The predicted molar refractivity (Wildman–Crippen MR) is 424 cm³/mol. The first-order chi connectivity index (χ1) is 55.7. The van der Waals surface area contributed by atoms with Gasteiger partial charge >= 0.3 is 6.09 Å². The van der Waals surface area contributed by atoms with E-state index in [4.69, 9.17) is 61.6 Å². The number of aliphatic hydroxyl groups excluding tert-OH is 2. The van der Waals surface area contributed by atoms with Crippen LogP contribution >= 0.6 is 0 Å². The third kappa shape index (κ3) is 26.8. The van der Waals surface area contributed by atoms with E-state index in [2.05, 4.69) is 26.3 Å². The summed E-state index contributed by atoms with van der Waals surface area (Å²) in [5.74, 6) is -1.83. The summed E-state index contributed by atoms with van der Waals surface area (Å²) in [4.78, 5) is 117. The Morgan fingerprint density at radius 3 is 1.74 bits per heavy atom. The Morgan fingerprint density at radius 2 is 1.12 bits per heavy atom. The second-order valence-electron chi connectivity index (χ2n) is 28.4. The van der Waals surface area contributed by atoms with Crippen molar-refractivity contribution in [2.75, 3.05) is 156 Å². The van der Waals surface area contributed by atoms with Gasteiger partial charge in [-0.2, -0.15) is 0 Å². The molecule has 115 heavy (non-hydrogen) atoms. The average Bonchev–Trinajstić information content (AvgIpc) is 1.61. The number of hydrogen-bond acceptors (Lipinski definition) is 24. The first kappa shape index (κ1) is 89.1. The number of nitrogens with zero attached hydrogens (tertiary/aromatic N) is 5. The summed E-state index contributed by atoms with van der Waals surface area (Å²) < 4.78 is 73.9. The fraction of sp³-hybridized carbons (Fsp3) is 0.530. The van der Waals surface area contributed by atoms with E-state index in [9.17, 15) is 48.6 Å². The van der Waals surface area contributed by atoms with Gasteiger partial charge in [-0.3, -0.25) is 38.6 Å². The monoisotopic (exact) mass is 1600 g/mol. The third-order valence-electron chi connectivity index (χ3n) is 19.4. The number of carbonyl (C=O) groups is 8. The number of fused-ring (bicyclic) bond motifs is 4. The number of rotatable bonds is 49. The molecule has 0 radical (unpaired) electrons. The van der Waals surface area contributed by atoms with Gasteiger partial charge in [-0.05, 0) is 94.2 Å². The molecule has 0 saturated carbocycles. The second kappa shape index (κ2) is 46.6. The molecule has 8 amide bonds. The average molecular weight is 1600 g/mol. The molecule has 7 atom stereocenters. The van der Waals surface area contributed by atoms with E-state index in [0.717, 1.165) is 28.0 Å². The number of benzene rings is 3. The topological polar surface area (TPSA) is 370 Å². The summed E-state index contributed by atoms with van der Waals surface area (Å²) in [5, 5.41) is 33.8. The van der Waals surface area contributed by atoms with Crippen LogP contribution in [0.15, 0.2) is 125 Å². The number of carbonyl (C=O) groups excluding carboxylic acids is 8. The lowest BCUT2D eigenvalue weighted by molar-refractivity contribution is -0.134. The molecule has 0 aromatic heterocycles. The number of aliphatic imine (C=N–C) groups is 1. The number of ether oxygens (including phenoxy) is 13. The molecule has 6 aliphatic rings. The van der Waals surface area contributed by atoms with Crippen molar-refractivity contribution >= 4 is 70.7 Å². The Bertz CT molecular complexity index is 3990. The maximum atomic E-state index is 14.3. The summed E-state index contributed by atoms with van der Waals surface area (Å²) >= 11 is 0. The molecule has 3 aromatic carbocycles. The van der Waals surface area contributed by atoms with Gasteiger partial charge < -0.3 is 108 Å². The molecule has 2 unspecified atom stereocenters. The fourth-order valence-electron chi connectivity index (χ4n) is 13.3. The highest BCUT2D eigenvalue weighted by molar-refractivity contribution is 6.07. The quantitative estimate of drug-likeness (QED) is 0.0306. The Morgan fingerprint density at radius 1 is 0.565 bits per heavy atom. The molecule has 626 valence electrons. The number of allylic oxidation sites excluding steroid dienone is 7. The highest BCUT2D eigenvalue weighted by Gasteiger charge is 2.46. The first-order valence-corrected chi connectivity index (χ1v) is 39.2. The van der Waals surface area contributed by atoms with Crippen LogP contribution in [0.1, 0.15) is 112 Å². The minimum Gasteiger partial charge on any atom is -0.493 e. The van der Waals surface area contributed by atoms with Gasteiger partial charge in [0.15, 0.2) is 29.2 Å². The van der Waals surface area contributed by atoms with Crippen molar-refractivity contribution in [3.05, 3.63) is 137 Å². The lowest BCUT2D eigenvalue weighted by atomic mass is 9.95. The Labute approximate surface area is 671 Å². The second-order valence-corrected chi connectivity index (χ2v) is 28.4. The molecule has 32 heteroatoms. The Hall–Kier alpha value is -9.87. The van der Waals surface area contributed by atoms with Crippen molar-refractivity contribution < 1.29 is 110 Å². The van der Waals surface area contributed by atoms with Crippen molar-refractivity contribution in [1.29, 1.82) is 0 Å². The predicted octanol–water partition coefficient (Wildman–Crippen LogP) is 7.15. The summed E-state index contributed by atoms with van der Waals surface area (Å²) in [6, 6.07) is 9.93. The molecule has 0 spiro atoms. The molecule has 1 saturated heterocycles. The van der Waals surface area contributed by atoms with Crippen LogP contribution in [0, 0.1) is 11.8 Å². The highest BCUT2D eigenvalue weighted by Crippen LogP contribution is 2.43. The van der Waals surface area contributed by atoms with Gasteiger partial charge in [0.2, 0.25) is 29.5 Å². The van der Waals surface area contributed by atoms with Gasteiger partial charge in [0.1, 0.15) is 24.9 Å². The van der Waals surface area contributed by atoms with Gasteiger partial charge in [0.05, 0.1) is 168 Å². The number of nitrogens with one attached hydrogen (secondary N) is 4. The van der Waals surface area contributed by atoms with Crippen LogP contribution in [0.5, 0.6) is 23.0 Å². The number of hydrogen-bond donors (Lipinski definition) is 6. The Balaban J connectivity index is 0.571. The van der Waals surface area contributed by atoms with Crippen LogP contribution in [0.4, 0.5) is 21.9 Å². The molecule has 0 bridgehead atoms. The summed E-state index contributed by atoms with van der Waals surface area (Å²) in [5.41, 5.74) is 4.78. The first-order valence-electron chi connectivity index (χ1n) is 39.2.